The number of thiazole rings is 1. The lowest BCUT2D eigenvalue weighted by atomic mass is 9.97. The van der Waals surface area contributed by atoms with Crippen molar-refractivity contribution in [2.24, 2.45) is 5.92 Å². The smallest absolute Gasteiger partial charge is 0.407 e. The summed E-state index contributed by atoms with van der Waals surface area (Å²) < 4.78 is 19.1. The maximum Gasteiger partial charge on any atom is 0.407 e. The number of hydrogen-bond donors (Lipinski definition) is 1. The molecule has 150 valence electrons. The SMILES string of the molecule is O=C(O)N1CCC(COc2ccc(-c3ccc(F)cc3)cc2)C1Cc1cscn1. The van der Waals surface area contributed by atoms with Crippen LogP contribution in [-0.4, -0.2) is 40.3 Å². The van der Waals surface area contributed by atoms with Crippen molar-refractivity contribution in [1.29, 1.82) is 0 Å². The molecule has 4 rings (SSSR count). The summed E-state index contributed by atoms with van der Waals surface area (Å²) >= 11 is 1.52. The standard InChI is InChI=1S/C22H21FN2O3S/c23-18-5-1-15(2-6-18)16-3-7-20(8-4-16)28-12-17-9-10-25(22(26)27)21(17)11-19-13-29-14-24-19/h1-8,13-14,17,21H,9-12H2,(H,26,27). The molecule has 0 radical (unpaired) electrons. The van der Waals surface area contributed by atoms with E-state index in [0.29, 0.717) is 19.6 Å². The number of hydrogen-bond acceptors (Lipinski definition) is 4. The van der Waals surface area contributed by atoms with Crippen molar-refractivity contribution in [3.8, 4) is 16.9 Å². The molecule has 1 aromatic heterocycles. The highest BCUT2D eigenvalue weighted by atomic mass is 32.1. The molecule has 1 N–H and O–H groups in total. The summed E-state index contributed by atoms with van der Waals surface area (Å²) in [6.45, 7) is 0.968. The van der Waals surface area contributed by atoms with E-state index >= 15 is 0 Å². The maximum atomic E-state index is 13.1. The lowest BCUT2D eigenvalue weighted by Gasteiger charge is -2.25. The first-order chi connectivity index (χ1) is 14.1. The predicted molar refractivity (Wildman–Crippen MR) is 110 cm³/mol. The average molecular weight is 412 g/mol. The molecular formula is C22H21FN2O3S. The third kappa shape index (κ3) is 4.56. The van der Waals surface area contributed by atoms with Crippen molar-refractivity contribution in [2.45, 2.75) is 18.9 Å². The van der Waals surface area contributed by atoms with Gasteiger partial charge in [0.05, 0.1) is 17.8 Å². The Labute approximate surface area is 172 Å². The summed E-state index contributed by atoms with van der Waals surface area (Å²) in [6, 6.07) is 13.9. The van der Waals surface area contributed by atoms with Gasteiger partial charge < -0.3 is 14.7 Å². The van der Waals surface area contributed by atoms with Crippen LogP contribution >= 0.6 is 11.3 Å². The van der Waals surface area contributed by atoms with E-state index in [0.717, 1.165) is 29.0 Å². The number of ether oxygens (including phenoxy) is 1. The zero-order valence-corrected chi connectivity index (χ0v) is 16.5. The Morgan fingerprint density at radius 1 is 1.17 bits per heavy atom. The molecule has 2 aromatic carbocycles. The molecule has 0 spiro atoms. The highest BCUT2D eigenvalue weighted by molar-refractivity contribution is 7.07. The lowest BCUT2D eigenvalue weighted by molar-refractivity contribution is 0.127. The van der Waals surface area contributed by atoms with Gasteiger partial charge in [0, 0.05) is 30.3 Å². The van der Waals surface area contributed by atoms with Crippen LogP contribution in [0.25, 0.3) is 11.1 Å². The second kappa shape index (κ2) is 8.61. The second-order valence-corrected chi connectivity index (χ2v) is 7.84. The second-order valence-electron chi connectivity index (χ2n) is 7.12. The van der Waals surface area contributed by atoms with Gasteiger partial charge in [-0.3, -0.25) is 0 Å². The molecule has 1 amide bonds. The van der Waals surface area contributed by atoms with Gasteiger partial charge in [0.1, 0.15) is 11.6 Å². The molecule has 0 bridgehead atoms. The summed E-state index contributed by atoms with van der Waals surface area (Å²) in [5.74, 6) is 0.592. The zero-order chi connectivity index (χ0) is 20.2. The van der Waals surface area contributed by atoms with Gasteiger partial charge in [-0.05, 0) is 41.8 Å². The lowest BCUT2D eigenvalue weighted by Crippen LogP contribution is -2.39. The van der Waals surface area contributed by atoms with Crippen molar-refractivity contribution in [1.82, 2.24) is 9.88 Å². The van der Waals surface area contributed by atoms with E-state index < -0.39 is 6.09 Å². The Morgan fingerprint density at radius 2 is 1.86 bits per heavy atom. The molecule has 2 heterocycles. The number of nitrogens with zero attached hydrogens (tertiary/aromatic N) is 2. The van der Waals surface area contributed by atoms with E-state index in [9.17, 15) is 14.3 Å². The summed E-state index contributed by atoms with van der Waals surface area (Å²) in [7, 11) is 0. The highest BCUT2D eigenvalue weighted by Crippen LogP contribution is 2.29. The fraction of sp³-hybridized carbons (Fsp3) is 0.273. The third-order valence-corrected chi connectivity index (χ3v) is 5.96. The molecular weight excluding hydrogens is 391 g/mol. The van der Waals surface area contributed by atoms with Gasteiger partial charge in [-0.2, -0.15) is 0 Å². The number of benzene rings is 2. The number of likely N-dealkylation sites (tertiary alicyclic amines) is 1. The summed E-state index contributed by atoms with van der Waals surface area (Å²) in [4.78, 5) is 17.4. The fourth-order valence-electron chi connectivity index (χ4n) is 3.77. The first-order valence-corrected chi connectivity index (χ1v) is 10.4. The number of carboxylic acid groups (broad SMARTS) is 1. The van der Waals surface area contributed by atoms with Gasteiger partial charge in [-0.25, -0.2) is 14.2 Å². The Kier molecular flexibility index (Phi) is 5.76. The van der Waals surface area contributed by atoms with Gasteiger partial charge >= 0.3 is 6.09 Å². The van der Waals surface area contributed by atoms with Crippen molar-refractivity contribution < 1.29 is 19.0 Å². The van der Waals surface area contributed by atoms with Gasteiger partial charge in [-0.15, -0.1) is 11.3 Å². The first kappa shape index (κ1) is 19.4. The molecule has 2 atom stereocenters. The van der Waals surface area contributed by atoms with Crippen LogP contribution in [-0.2, 0) is 6.42 Å². The fourth-order valence-corrected chi connectivity index (χ4v) is 4.34. The minimum absolute atomic E-state index is 0.115. The highest BCUT2D eigenvalue weighted by Gasteiger charge is 2.37. The van der Waals surface area contributed by atoms with Crippen LogP contribution in [0.5, 0.6) is 5.75 Å². The van der Waals surface area contributed by atoms with Crippen molar-refractivity contribution in [2.75, 3.05) is 13.2 Å². The minimum atomic E-state index is -0.892. The Hall–Kier alpha value is -2.93. The molecule has 1 aliphatic heterocycles. The number of amides is 1. The molecule has 0 saturated carbocycles. The van der Waals surface area contributed by atoms with Crippen molar-refractivity contribution >= 4 is 17.4 Å². The zero-order valence-electron chi connectivity index (χ0n) is 15.7. The molecule has 0 aliphatic carbocycles. The molecule has 1 fully saturated rings. The van der Waals surface area contributed by atoms with Crippen molar-refractivity contribution in [3.63, 3.8) is 0 Å². The molecule has 29 heavy (non-hydrogen) atoms. The monoisotopic (exact) mass is 412 g/mol. The molecule has 2 unspecified atom stereocenters. The average Bonchev–Trinajstić information content (AvgIpc) is 3.38. The Balaban J connectivity index is 1.40. The van der Waals surface area contributed by atoms with E-state index in [1.807, 2.05) is 29.6 Å². The largest absolute Gasteiger partial charge is 0.493 e. The van der Waals surface area contributed by atoms with Gasteiger partial charge in [0.15, 0.2) is 0 Å². The van der Waals surface area contributed by atoms with Crippen LogP contribution < -0.4 is 4.74 Å². The topological polar surface area (TPSA) is 62.7 Å². The Bertz CT molecular complexity index is 945. The van der Waals surface area contributed by atoms with Gasteiger partial charge in [-0.1, -0.05) is 24.3 Å². The van der Waals surface area contributed by atoms with Crippen LogP contribution in [0.2, 0.25) is 0 Å². The summed E-state index contributed by atoms with van der Waals surface area (Å²) in [6.07, 6.45) is 0.485. The maximum absolute atomic E-state index is 13.1. The number of rotatable bonds is 6. The number of carbonyl (C=O) groups is 1. The van der Waals surface area contributed by atoms with E-state index in [2.05, 4.69) is 4.98 Å². The molecule has 7 heteroatoms. The van der Waals surface area contributed by atoms with E-state index in [4.69, 9.17) is 4.74 Å². The normalized spacial score (nSPS) is 18.7. The molecule has 1 saturated heterocycles. The quantitative estimate of drug-likeness (QED) is 0.623. The van der Waals surface area contributed by atoms with E-state index in [1.54, 1.807) is 17.6 Å². The van der Waals surface area contributed by atoms with E-state index in [1.165, 1.54) is 28.4 Å². The molecule has 1 aliphatic rings. The van der Waals surface area contributed by atoms with Gasteiger partial charge in [0.25, 0.3) is 0 Å². The Morgan fingerprint density at radius 3 is 2.48 bits per heavy atom. The predicted octanol–water partition coefficient (Wildman–Crippen LogP) is 4.94. The third-order valence-electron chi connectivity index (χ3n) is 5.33. The number of halogens is 1. The molecule has 5 nitrogen and oxygen atoms in total. The van der Waals surface area contributed by atoms with Crippen LogP contribution in [0.3, 0.4) is 0 Å². The summed E-state index contributed by atoms with van der Waals surface area (Å²) in [5.41, 5.74) is 4.61. The minimum Gasteiger partial charge on any atom is -0.493 e. The molecule has 3 aromatic rings. The van der Waals surface area contributed by atoms with Gasteiger partial charge in [0.2, 0.25) is 0 Å². The summed E-state index contributed by atoms with van der Waals surface area (Å²) in [5, 5.41) is 11.5. The van der Waals surface area contributed by atoms with Crippen LogP contribution in [0.1, 0.15) is 12.1 Å². The number of aromatic nitrogens is 1. The van der Waals surface area contributed by atoms with Crippen LogP contribution in [0.4, 0.5) is 9.18 Å². The first-order valence-electron chi connectivity index (χ1n) is 9.45. The van der Waals surface area contributed by atoms with Crippen LogP contribution in [0.15, 0.2) is 59.4 Å². The van der Waals surface area contributed by atoms with Crippen molar-refractivity contribution in [3.05, 3.63) is 70.9 Å². The van der Waals surface area contributed by atoms with E-state index in [-0.39, 0.29) is 17.8 Å². The van der Waals surface area contributed by atoms with Crippen LogP contribution in [0, 0.1) is 11.7 Å².